The molecule has 0 amide bonds. The molecule has 0 radical (unpaired) electrons. The predicted octanol–water partition coefficient (Wildman–Crippen LogP) is 1.87. The van der Waals surface area contributed by atoms with E-state index in [1.54, 1.807) is 16.7 Å². The Morgan fingerprint density at radius 2 is 1.92 bits per heavy atom. The van der Waals surface area contributed by atoms with Crippen molar-refractivity contribution in [1.29, 1.82) is 5.26 Å². The Morgan fingerprint density at radius 3 is 2.64 bits per heavy atom. The zero-order valence-corrected chi connectivity index (χ0v) is 14.4. The molecule has 0 unspecified atom stereocenters. The number of rotatable bonds is 3. The number of anilines is 1. The number of allylic oxidation sites excluding steroid dienone is 6. The van der Waals surface area contributed by atoms with E-state index in [0.29, 0.717) is 24.4 Å². The molecule has 1 saturated heterocycles. The van der Waals surface area contributed by atoms with E-state index < -0.39 is 0 Å². The van der Waals surface area contributed by atoms with Crippen LogP contribution in [0.3, 0.4) is 0 Å². The molecule has 2 aliphatic rings. The third kappa shape index (κ3) is 3.50. The molecule has 25 heavy (non-hydrogen) atoms. The lowest BCUT2D eigenvalue weighted by Crippen LogP contribution is -2.43. The molecule has 0 atom stereocenters. The molecule has 0 aromatic carbocycles. The van der Waals surface area contributed by atoms with E-state index in [1.807, 2.05) is 18.2 Å². The molecule has 1 fully saturated rings. The first kappa shape index (κ1) is 17.0. The first-order valence-electron chi connectivity index (χ1n) is 8.63. The summed E-state index contributed by atoms with van der Waals surface area (Å²) in [6.45, 7) is 2.00. The maximum Gasteiger partial charge on any atom is 0.332 e. The Kier molecular flexibility index (Phi) is 5.03. The van der Waals surface area contributed by atoms with Crippen molar-refractivity contribution in [2.24, 2.45) is 7.05 Å². The van der Waals surface area contributed by atoms with Gasteiger partial charge in [0.2, 0.25) is 0 Å². The van der Waals surface area contributed by atoms with Gasteiger partial charge < -0.3 is 4.90 Å². The van der Waals surface area contributed by atoms with E-state index in [-0.39, 0.29) is 11.2 Å². The largest absolute Gasteiger partial charge is 0.358 e. The second-order valence-electron chi connectivity index (χ2n) is 6.44. The molecular formula is C19H22N4O2. The van der Waals surface area contributed by atoms with Gasteiger partial charge in [-0.15, -0.1) is 0 Å². The highest BCUT2D eigenvalue weighted by molar-refractivity contribution is 5.44. The Morgan fingerprint density at radius 1 is 1.16 bits per heavy atom. The molecule has 1 aliphatic carbocycles. The van der Waals surface area contributed by atoms with E-state index in [0.717, 1.165) is 36.1 Å². The third-order valence-corrected chi connectivity index (χ3v) is 4.78. The van der Waals surface area contributed by atoms with Crippen LogP contribution in [-0.4, -0.2) is 22.2 Å². The van der Waals surface area contributed by atoms with Gasteiger partial charge in [-0.25, -0.2) is 4.79 Å². The number of aromatic nitrogens is 2. The summed E-state index contributed by atoms with van der Waals surface area (Å²) < 4.78 is 2.76. The van der Waals surface area contributed by atoms with Gasteiger partial charge in [0.05, 0.1) is 18.2 Å². The topological polar surface area (TPSA) is 71.0 Å². The summed E-state index contributed by atoms with van der Waals surface area (Å²) >= 11 is 0. The average molecular weight is 338 g/mol. The van der Waals surface area contributed by atoms with Gasteiger partial charge in [-0.1, -0.05) is 18.2 Å². The second kappa shape index (κ2) is 7.39. The standard InChI is InChI=1S/C19H22N4O2/c1-21-18(24)12-17(22-10-6-3-7-11-22)23(19(21)25)14-16-9-5-2-4-8-15(16)13-20/h2,4-5,8,12H,3,6-7,9-11,14H2,1H3. The van der Waals surface area contributed by atoms with Crippen LogP contribution >= 0.6 is 0 Å². The summed E-state index contributed by atoms with van der Waals surface area (Å²) in [5, 5.41) is 9.41. The third-order valence-electron chi connectivity index (χ3n) is 4.78. The van der Waals surface area contributed by atoms with Gasteiger partial charge in [0.1, 0.15) is 5.82 Å². The molecule has 1 aromatic heterocycles. The minimum Gasteiger partial charge on any atom is -0.358 e. The molecular weight excluding hydrogens is 316 g/mol. The second-order valence-corrected chi connectivity index (χ2v) is 6.44. The predicted molar refractivity (Wildman–Crippen MR) is 97.5 cm³/mol. The highest BCUT2D eigenvalue weighted by atomic mass is 16.2. The van der Waals surface area contributed by atoms with E-state index in [2.05, 4.69) is 11.0 Å². The fraction of sp³-hybridized carbons (Fsp3) is 0.421. The van der Waals surface area contributed by atoms with Gasteiger partial charge in [-0.2, -0.15) is 5.26 Å². The average Bonchev–Trinajstić information content (AvgIpc) is 2.87. The van der Waals surface area contributed by atoms with Crippen molar-refractivity contribution in [2.75, 3.05) is 18.0 Å². The fourth-order valence-electron chi connectivity index (χ4n) is 3.32. The number of nitriles is 1. The number of nitrogens with zero attached hydrogens (tertiary/aromatic N) is 4. The van der Waals surface area contributed by atoms with Gasteiger partial charge in [0, 0.05) is 26.2 Å². The lowest BCUT2D eigenvalue weighted by atomic mass is 10.1. The van der Waals surface area contributed by atoms with Crippen molar-refractivity contribution < 1.29 is 0 Å². The molecule has 2 heterocycles. The van der Waals surface area contributed by atoms with Crippen LogP contribution in [0.25, 0.3) is 0 Å². The molecule has 130 valence electrons. The van der Waals surface area contributed by atoms with Crippen LogP contribution in [0.2, 0.25) is 0 Å². The van der Waals surface area contributed by atoms with Crippen molar-refractivity contribution in [3.05, 3.63) is 62.4 Å². The zero-order chi connectivity index (χ0) is 17.8. The van der Waals surface area contributed by atoms with E-state index >= 15 is 0 Å². The molecule has 1 aromatic rings. The minimum absolute atomic E-state index is 0.294. The number of hydrogen-bond acceptors (Lipinski definition) is 4. The summed E-state index contributed by atoms with van der Waals surface area (Å²) in [7, 11) is 1.49. The Balaban J connectivity index is 2.10. The molecule has 0 saturated carbocycles. The SMILES string of the molecule is Cn1c(=O)cc(N2CCCCC2)n(CC2=C(C#N)C=CC=CC2)c1=O. The summed E-state index contributed by atoms with van der Waals surface area (Å²) in [4.78, 5) is 27.0. The van der Waals surface area contributed by atoms with Gasteiger partial charge in [0.15, 0.2) is 0 Å². The maximum atomic E-state index is 12.8. The zero-order valence-electron chi connectivity index (χ0n) is 14.4. The smallest absolute Gasteiger partial charge is 0.332 e. The monoisotopic (exact) mass is 338 g/mol. The van der Waals surface area contributed by atoms with Crippen LogP contribution in [0.5, 0.6) is 0 Å². The highest BCUT2D eigenvalue weighted by Gasteiger charge is 2.19. The lowest BCUT2D eigenvalue weighted by Gasteiger charge is -2.31. The minimum atomic E-state index is -0.338. The lowest BCUT2D eigenvalue weighted by molar-refractivity contribution is 0.545. The summed E-state index contributed by atoms with van der Waals surface area (Å²) in [6, 6.07) is 3.76. The Labute approximate surface area is 146 Å². The van der Waals surface area contributed by atoms with Crippen molar-refractivity contribution >= 4 is 5.82 Å². The highest BCUT2D eigenvalue weighted by Crippen LogP contribution is 2.21. The van der Waals surface area contributed by atoms with Crippen molar-refractivity contribution in [3.63, 3.8) is 0 Å². The van der Waals surface area contributed by atoms with Gasteiger partial charge >= 0.3 is 5.69 Å². The fourth-order valence-corrected chi connectivity index (χ4v) is 3.32. The van der Waals surface area contributed by atoms with Crippen LogP contribution in [0.15, 0.2) is 51.1 Å². The van der Waals surface area contributed by atoms with Crippen molar-refractivity contribution in [3.8, 4) is 6.07 Å². The van der Waals surface area contributed by atoms with Crippen LogP contribution in [0.1, 0.15) is 25.7 Å². The van der Waals surface area contributed by atoms with Crippen LogP contribution < -0.4 is 16.1 Å². The quantitative estimate of drug-likeness (QED) is 0.843. The normalized spacial score (nSPS) is 17.5. The molecule has 0 spiro atoms. The first-order chi connectivity index (χ1) is 12.1. The summed E-state index contributed by atoms with van der Waals surface area (Å²) in [5.41, 5.74) is 0.828. The van der Waals surface area contributed by atoms with E-state index in [1.165, 1.54) is 13.5 Å². The van der Waals surface area contributed by atoms with Crippen molar-refractivity contribution in [2.45, 2.75) is 32.2 Å². The molecule has 0 N–H and O–H groups in total. The van der Waals surface area contributed by atoms with Gasteiger partial charge in [0.25, 0.3) is 5.56 Å². The molecule has 6 heteroatoms. The van der Waals surface area contributed by atoms with Crippen LogP contribution in [0.4, 0.5) is 5.82 Å². The van der Waals surface area contributed by atoms with Crippen LogP contribution in [-0.2, 0) is 13.6 Å². The van der Waals surface area contributed by atoms with Crippen LogP contribution in [0, 0.1) is 11.3 Å². The molecule has 6 nitrogen and oxygen atoms in total. The number of hydrogen-bond donors (Lipinski definition) is 0. The Bertz CT molecular complexity index is 903. The van der Waals surface area contributed by atoms with Crippen molar-refractivity contribution in [1.82, 2.24) is 9.13 Å². The first-order valence-corrected chi connectivity index (χ1v) is 8.63. The van der Waals surface area contributed by atoms with E-state index in [4.69, 9.17) is 0 Å². The summed E-state index contributed by atoms with van der Waals surface area (Å²) in [6.07, 6.45) is 11.4. The maximum absolute atomic E-state index is 12.8. The Hall–Kier alpha value is -2.81. The van der Waals surface area contributed by atoms with Gasteiger partial charge in [-0.05, 0) is 37.3 Å². The molecule has 0 bridgehead atoms. The van der Waals surface area contributed by atoms with Gasteiger partial charge in [-0.3, -0.25) is 13.9 Å². The molecule has 3 rings (SSSR count). The number of piperidine rings is 1. The summed E-state index contributed by atoms with van der Waals surface area (Å²) in [5.74, 6) is 0.662. The van der Waals surface area contributed by atoms with E-state index in [9.17, 15) is 14.9 Å². The molecule has 1 aliphatic heterocycles.